The molecule has 1 aromatic heterocycles. The topological polar surface area (TPSA) is 60.0 Å². The van der Waals surface area contributed by atoms with Crippen LogP contribution in [-0.4, -0.2) is 35.2 Å². The maximum atomic E-state index is 5.48. The van der Waals surface area contributed by atoms with E-state index in [4.69, 9.17) is 9.47 Å². The molecule has 5 nitrogen and oxygen atoms in total. The lowest BCUT2D eigenvalue weighted by molar-refractivity contribution is 0.354. The quantitative estimate of drug-likeness (QED) is 0.354. The van der Waals surface area contributed by atoms with Crippen molar-refractivity contribution in [2.75, 3.05) is 20.0 Å². The summed E-state index contributed by atoms with van der Waals surface area (Å²) in [6, 6.07) is 27.0. The summed E-state index contributed by atoms with van der Waals surface area (Å²) in [6.07, 6.45) is 1.04. The van der Waals surface area contributed by atoms with Crippen molar-refractivity contribution in [2.24, 2.45) is 0 Å². The second kappa shape index (κ2) is 8.71. The highest BCUT2D eigenvalue weighted by atomic mass is 32.2. The molecule has 0 saturated heterocycles. The summed E-state index contributed by atoms with van der Waals surface area (Å²) < 4.78 is 10.9. The number of nitrogens with zero attached hydrogens (tertiary/aromatic N) is 2. The lowest BCUT2D eigenvalue weighted by Crippen LogP contribution is -2.13. The Labute approximate surface area is 192 Å². The zero-order valence-corrected chi connectivity index (χ0v) is 18.9. The Morgan fingerprint density at radius 2 is 1.62 bits per heavy atom. The number of aromatic amines is 1. The highest BCUT2D eigenvalue weighted by Gasteiger charge is 2.57. The second-order valence-electron chi connectivity index (χ2n) is 8.01. The SMILES string of the molecule is COc1ccc(SCC2(c3ccccc3)CC2c2nnc(-c3ccccc3)[nH]2)cc1OC. The van der Waals surface area contributed by atoms with Gasteiger partial charge in [0.1, 0.15) is 5.82 Å². The van der Waals surface area contributed by atoms with Gasteiger partial charge in [0.15, 0.2) is 17.3 Å². The molecule has 6 heteroatoms. The van der Waals surface area contributed by atoms with E-state index in [-0.39, 0.29) is 5.41 Å². The molecule has 2 atom stereocenters. The number of aromatic nitrogens is 3. The monoisotopic (exact) mass is 443 g/mol. The number of benzene rings is 3. The third-order valence-electron chi connectivity index (χ3n) is 6.16. The van der Waals surface area contributed by atoms with E-state index in [0.29, 0.717) is 5.92 Å². The van der Waals surface area contributed by atoms with Crippen molar-refractivity contribution in [3.05, 3.63) is 90.3 Å². The Balaban J connectivity index is 1.40. The number of rotatable bonds is 8. The summed E-state index contributed by atoms with van der Waals surface area (Å²) in [5, 5.41) is 8.95. The highest BCUT2D eigenvalue weighted by molar-refractivity contribution is 7.99. The van der Waals surface area contributed by atoms with Gasteiger partial charge in [-0.3, -0.25) is 0 Å². The van der Waals surface area contributed by atoms with Crippen molar-refractivity contribution in [1.82, 2.24) is 15.2 Å². The number of nitrogens with one attached hydrogen (secondary N) is 1. The average molecular weight is 444 g/mol. The minimum Gasteiger partial charge on any atom is -0.493 e. The Hall–Kier alpha value is -3.25. The fraction of sp³-hybridized carbons (Fsp3) is 0.231. The van der Waals surface area contributed by atoms with Crippen molar-refractivity contribution >= 4 is 11.8 Å². The number of ether oxygens (including phenoxy) is 2. The third kappa shape index (κ3) is 3.86. The summed E-state index contributed by atoms with van der Waals surface area (Å²) in [5.74, 6) is 4.53. The normalized spacial score (nSPS) is 19.5. The van der Waals surface area contributed by atoms with Gasteiger partial charge in [0, 0.05) is 27.5 Å². The zero-order valence-electron chi connectivity index (χ0n) is 18.1. The molecule has 162 valence electrons. The van der Waals surface area contributed by atoms with Crippen LogP contribution in [-0.2, 0) is 5.41 Å². The Morgan fingerprint density at radius 1 is 0.906 bits per heavy atom. The van der Waals surface area contributed by atoms with Crippen LogP contribution in [0.5, 0.6) is 11.5 Å². The number of hydrogen-bond donors (Lipinski definition) is 1. The number of thioether (sulfide) groups is 1. The summed E-state index contributed by atoms with van der Waals surface area (Å²) in [7, 11) is 3.33. The molecule has 3 aromatic carbocycles. The summed E-state index contributed by atoms with van der Waals surface area (Å²) in [4.78, 5) is 4.64. The van der Waals surface area contributed by atoms with Crippen LogP contribution in [0.15, 0.2) is 83.8 Å². The largest absolute Gasteiger partial charge is 0.493 e. The Kier molecular flexibility index (Phi) is 5.62. The summed E-state index contributed by atoms with van der Waals surface area (Å²) in [5.41, 5.74) is 2.42. The molecule has 0 amide bonds. The lowest BCUT2D eigenvalue weighted by atomic mass is 9.95. The van der Waals surface area contributed by atoms with Crippen molar-refractivity contribution in [1.29, 1.82) is 0 Å². The van der Waals surface area contributed by atoms with Crippen LogP contribution in [0, 0.1) is 0 Å². The molecule has 0 spiro atoms. The molecule has 1 fully saturated rings. The molecule has 1 N–H and O–H groups in total. The van der Waals surface area contributed by atoms with Crippen LogP contribution in [0.3, 0.4) is 0 Å². The minimum absolute atomic E-state index is 0.0204. The Bertz CT molecular complexity index is 1200. The molecule has 0 radical (unpaired) electrons. The van der Waals surface area contributed by atoms with E-state index in [0.717, 1.165) is 45.8 Å². The van der Waals surface area contributed by atoms with Crippen LogP contribution in [0.1, 0.15) is 23.7 Å². The first-order chi connectivity index (χ1) is 15.7. The second-order valence-corrected chi connectivity index (χ2v) is 9.06. The highest BCUT2D eigenvalue weighted by Crippen LogP contribution is 2.61. The van der Waals surface area contributed by atoms with Crippen molar-refractivity contribution < 1.29 is 9.47 Å². The molecule has 5 rings (SSSR count). The first-order valence-electron chi connectivity index (χ1n) is 10.6. The van der Waals surface area contributed by atoms with Gasteiger partial charge in [-0.2, -0.15) is 0 Å². The van der Waals surface area contributed by atoms with Gasteiger partial charge >= 0.3 is 0 Å². The molecular formula is C26H25N3O2S. The average Bonchev–Trinajstić information content (AvgIpc) is 3.40. The first kappa shape index (κ1) is 20.6. The molecule has 0 bridgehead atoms. The van der Waals surface area contributed by atoms with Crippen LogP contribution in [0.2, 0.25) is 0 Å². The fourth-order valence-corrected chi connectivity index (χ4v) is 5.54. The van der Waals surface area contributed by atoms with Gasteiger partial charge < -0.3 is 14.5 Å². The number of H-pyrrole nitrogens is 1. The summed E-state index contributed by atoms with van der Waals surface area (Å²) >= 11 is 1.84. The van der Waals surface area contributed by atoms with E-state index in [1.165, 1.54) is 5.56 Å². The van der Waals surface area contributed by atoms with Gasteiger partial charge in [-0.25, -0.2) is 0 Å². The van der Waals surface area contributed by atoms with Gasteiger partial charge in [0.25, 0.3) is 0 Å². The molecule has 1 saturated carbocycles. The molecule has 4 aromatic rings. The molecular weight excluding hydrogens is 418 g/mol. The van der Waals surface area contributed by atoms with Gasteiger partial charge in [-0.15, -0.1) is 22.0 Å². The maximum Gasteiger partial charge on any atom is 0.161 e. The van der Waals surface area contributed by atoms with Gasteiger partial charge in [-0.1, -0.05) is 60.7 Å². The maximum absolute atomic E-state index is 5.48. The third-order valence-corrected chi connectivity index (χ3v) is 7.40. The van der Waals surface area contributed by atoms with Gasteiger partial charge in [-0.05, 0) is 30.2 Å². The van der Waals surface area contributed by atoms with Crippen LogP contribution in [0.4, 0.5) is 0 Å². The predicted molar refractivity (Wildman–Crippen MR) is 128 cm³/mol. The molecule has 0 aliphatic heterocycles. The van der Waals surface area contributed by atoms with E-state index in [1.54, 1.807) is 14.2 Å². The molecule has 1 aliphatic carbocycles. The van der Waals surface area contributed by atoms with Crippen molar-refractivity contribution in [2.45, 2.75) is 22.6 Å². The van der Waals surface area contributed by atoms with Gasteiger partial charge in [0.05, 0.1) is 14.2 Å². The zero-order chi connectivity index (χ0) is 22.0. The molecule has 32 heavy (non-hydrogen) atoms. The number of hydrogen-bond acceptors (Lipinski definition) is 5. The predicted octanol–water partition coefficient (Wildman–Crippen LogP) is 5.71. The molecule has 1 aliphatic rings. The lowest BCUT2D eigenvalue weighted by Gasteiger charge is -2.18. The van der Waals surface area contributed by atoms with E-state index in [9.17, 15) is 0 Å². The Morgan fingerprint density at radius 3 is 2.34 bits per heavy atom. The molecule has 2 unspecified atom stereocenters. The number of methoxy groups -OCH3 is 2. The smallest absolute Gasteiger partial charge is 0.161 e. The van der Waals surface area contributed by atoms with Crippen molar-refractivity contribution in [3.63, 3.8) is 0 Å². The standard InChI is InChI=1S/C26H25N3O2S/c1-30-22-14-13-20(15-23(22)31-2)32-17-26(19-11-7-4-8-12-19)16-21(26)25-27-24(28-29-25)18-9-5-3-6-10-18/h3-15,21H,16-17H2,1-2H3,(H,27,28,29). The van der Waals surface area contributed by atoms with Crippen LogP contribution < -0.4 is 9.47 Å². The van der Waals surface area contributed by atoms with Crippen LogP contribution >= 0.6 is 11.8 Å². The van der Waals surface area contributed by atoms with E-state index in [2.05, 4.69) is 63.7 Å². The van der Waals surface area contributed by atoms with Crippen LogP contribution in [0.25, 0.3) is 11.4 Å². The van der Waals surface area contributed by atoms with E-state index in [1.807, 2.05) is 42.1 Å². The van der Waals surface area contributed by atoms with Gasteiger partial charge in [0.2, 0.25) is 0 Å². The van der Waals surface area contributed by atoms with Crippen molar-refractivity contribution in [3.8, 4) is 22.9 Å². The fourth-order valence-electron chi connectivity index (χ4n) is 4.27. The summed E-state index contributed by atoms with van der Waals surface area (Å²) in [6.45, 7) is 0. The molecule has 1 heterocycles. The minimum atomic E-state index is 0.0204. The van der Waals surface area contributed by atoms with E-state index < -0.39 is 0 Å². The van der Waals surface area contributed by atoms with E-state index >= 15 is 0 Å². The first-order valence-corrected chi connectivity index (χ1v) is 11.6.